The van der Waals surface area contributed by atoms with Crippen molar-refractivity contribution in [1.29, 1.82) is 0 Å². The number of carbonyl (C=O) groups excluding carboxylic acids is 1. The number of nitrogens with zero attached hydrogens (tertiary/aromatic N) is 3. The van der Waals surface area contributed by atoms with Crippen molar-refractivity contribution >= 4 is 35.8 Å². The van der Waals surface area contributed by atoms with Gasteiger partial charge in [-0.3, -0.25) is 43.5 Å². The summed E-state index contributed by atoms with van der Waals surface area (Å²) in [5.41, 5.74) is 0.815. The number of hydrogen-bond acceptors (Lipinski definition) is 10. The van der Waals surface area contributed by atoms with Crippen molar-refractivity contribution < 1.29 is 59.0 Å². The maximum atomic E-state index is 12.9. The third-order valence-electron chi connectivity index (χ3n) is 15.4. The predicted molar refractivity (Wildman–Crippen MR) is 222 cm³/mol. The van der Waals surface area contributed by atoms with Crippen LogP contribution in [0.25, 0.3) is 0 Å². The first-order chi connectivity index (χ1) is 28.4. The van der Waals surface area contributed by atoms with Crippen LogP contribution in [-0.4, -0.2) is 154 Å². The number of carboxylic acids is 5. The molecule has 10 atom stereocenters. The van der Waals surface area contributed by atoms with Crippen LogP contribution in [0.4, 0.5) is 0 Å². The van der Waals surface area contributed by atoms with E-state index < -0.39 is 62.1 Å². The van der Waals surface area contributed by atoms with Crippen molar-refractivity contribution in [3.05, 3.63) is 0 Å². The van der Waals surface area contributed by atoms with Crippen LogP contribution in [0.15, 0.2) is 0 Å². The van der Waals surface area contributed by atoms with E-state index in [1.54, 1.807) is 0 Å². The molecule has 4 aliphatic rings. The summed E-state index contributed by atoms with van der Waals surface area (Å²) in [5, 5.41) is 50.1. The first-order valence-electron chi connectivity index (χ1n) is 22.5. The van der Waals surface area contributed by atoms with E-state index in [9.17, 15) is 54.3 Å². The molecule has 4 saturated carbocycles. The number of fused-ring (bicyclic) bond motifs is 5. The summed E-state index contributed by atoms with van der Waals surface area (Å²) < 4.78 is 6.22. The third-order valence-corrected chi connectivity index (χ3v) is 15.4. The summed E-state index contributed by atoms with van der Waals surface area (Å²) in [6, 6.07) is -1.12. The van der Waals surface area contributed by atoms with Crippen LogP contribution < -0.4 is 5.32 Å². The molecule has 16 nitrogen and oxygen atoms in total. The molecule has 0 saturated heterocycles. The van der Waals surface area contributed by atoms with Crippen LogP contribution in [0.1, 0.15) is 118 Å². The number of rotatable bonds is 27. The van der Waals surface area contributed by atoms with Crippen LogP contribution in [0.2, 0.25) is 0 Å². The number of ether oxygens (including phenoxy) is 1. The second-order valence-corrected chi connectivity index (χ2v) is 19.1. The van der Waals surface area contributed by atoms with Gasteiger partial charge in [0.1, 0.15) is 12.6 Å². The number of carbonyl (C=O) groups is 6. The van der Waals surface area contributed by atoms with Gasteiger partial charge in [-0.15, -0.1) is 0 Å². The number of unbranched alkanes of at least 4 members (excludes halogenated alkanes) is 1. The first kappa shape index (κ1) is 49.3. The Morgan fingerprint density at radius 1 is 0.700 bits per heavy atom. The van der Waals surface area contributed by atoms with Gasteiger partial charge in [0.15, 0.2) is 0 Å². The maximum Gasteiger partial charge on any atom is 0.320 e. The number of amides is 1. The van der Waals surface area contributed by atoms with E-state index >= 15 is 0 Å². The topological polar surface area (TPSA) is 235 Å². The molecule has 0 aromatic heterocycles. The van der Waals surface area contributed by atoms with Gasteiger partial charge in [-0.25, -0.2) is 0 Å². The summed E-state index contributed by atoms with van der Waals surface area (Å²) >= 11 is 0. The normalized spacial score (nSPS) is 29.6. The maximum absolute atomic E-state index is 12.9. The van der Waals surface area contributed by atoms with E-state index in [4.69, 9.17) is 4.74 Å². The Morgan fingerprint density at radius 2 is 1.27 bits per heavy atom. The molecular formula is C44H74N4O12. The minimum atomic E-state index is -1.26. The Morgan fingerprint density at radius 3 is 1.82 bits per heavy atom. The zero-order valence-electron chi connectivity index (χ0n) is 36.5. The summed E-state index contributed by atoms with van der Waals surface area (Å²) in [4.78, 5) is 74.5. The van der Waals surface area contributed by atoms with Gasteiger partial charge in [0.2, 0.25) is 5.91 Å². The zero-order chi connectivity index (χ0) is 44.2. The van der Waals surface area contributed by atoms with Gasteiger partial charge >= 0.3 is 29.8 Å². The molecule has 0 aliphatic heterocycles. The fourth-order valence-electron chi connectivity index (χ4n) is 12.6. The van der Waals surface area contributed by atoms with Gasteiger partial charge in [-0.05, 0) is 123 Å². The number of aliphatic carboxylic acids is 5. The molecule has 0 spiro atoms. The molecule has 4 rings (SSSR count). The molecule has 16 heteroatoms. The van der Waals surface area contributed by atoms with E-state index in [1.165, 1.54) is 56.3 Å². The molecule has 342 valence electrons. The van der Waals surface area contributed by atoms with Crippen molar-refractivity contribution in [3.8, 4) is 0 Å². The van der Waals surface area contributed by atoms with Gasteiger partial charge < -0.3 is 35.6 Å². The lowest BCUT2D eigenvalue weighted by Gasteiger charge is -2.61. The molecule has 6 N–H and O–H groups in total. The fourth-order valence-corrected chi connectivity index (χ4v) is 12.6. The van der Waals surface area contributed by atoms with Crippen LogP contribution >= 0.6 is 0 Å². The van der Waals surface area contributed by atoms with Crippen LogP contribution in [-0.2, 0) is 33.5 Å². The lowest BCUT2D eigenvalue weighted by atomic mass is 9.44. The zero-order valence-corrected chi connectivity index (χ0v) is 36.5. The lowest BCUT2D eigenvalue weighted by molar-refractivity contribution is -0.146. The summed E-state index contributed by atoms with van der Waals surface area (Å²) in [6.45, 7) is 7.55. The second kappa shape index (κ2) is 22.7. The molecule has 0 radical (unpaired) electrons. The highest BCUT2D eigenvalue weighted by Crippen LogP contribution is 2.68. The molecule has 0 heterocycles. The smallest absolute Gasteiger partial charge is 0.320 e. The Hall–Kier alpha value is -3.34. The van der Waals surface area contributed by atoms with E-state index in [-0.39, 0.29) is 51.2 Å². The summed E-state index contributed by atoms with van der Waals surface area (Å²) in [5.74, 6) is -1.72. The number of nitrogens with one attached hydrogen (secondary N) is 1. The van der Waals surface area contributed by atoms with E-state index in [0.717, 1.165) is 58.7 Å². The molecule has 4 fully saturated rings. The number of hydrogen-bond donors (Lipinski definition) is 6. The second-order valence-electron chi connectivity index (χ2n) is 19.1. The highest BCUT2D eigenvalue weighted by atomic mass is 16.5. The van der Waals surface area contributed by atoms with Crippen LogP contribution in [0, 0.1) is 46.3 Å². The van der Waals surface area contributed by atoms with E-state index in [2.05, 4.69) is 33.0 Å². The molecule has 60 heavy (non-hydrogen) atoms. The van der Waals surface area contributed by atoms with Crippen molar-refractivity contribution in [2.45, 2.75) is 130 Å². The molecule has 0 bridgehead atoms. The molecule has 1 amide bonds. The van der Waals surface area contributed by atoms with Crippen LogP contribution in [0.5, 0.6) is 0 Å². The highest BCUT2D eigenvalue weighted by molar-refractivity contribution is 5.77. The molecule has 4 aliphatic carbocycles. The SMILES string of the molecule is CCC[C@@H](C)[C@H]1CC[C@H]2[C@@H]3CC[C@@H]4C[C@H](OCC(=O)NCCCCC(C(=O)O)N(CCN(CC(=O)O)CC(=O)O)CCN(CC(=O)O)CC(=O)O)CC[C@]4(C)[C@H]3CC[C@]12C. The summed E-state index contributed by atoms with van der Waals surface area (Å²) in [7, 11) is 0. The van der Waals surface area contributed by atoms with Gasteiger partial charge in [-0.1, -0.05) is 40.5 Å². The molecular weight excluding hydrogens is 776 g/mol. The van der Waals surface area contributed by atoms with E-state index in [0.29, 0.717) is 36.1 Å². The molecule has 0 aromatic carbocycles. The first-order valence-corrected chi connectivity index (χ1v) is 22.5. The summed E-state index contributed by atoms with van der Waals surface area (Å²) in [6.07, 6.45) is 14.8. The molecule has 0 aromatic rings. The third kappa shape index (κ3) is 13.3. The minimum absolute atomic E-state index is 0.0319. The lowest BCUT2D eigenvalue weighted by Crippen LogP contribution is -2.54. The largest absolute Gasteiger partial charge is 0.480 e. The van der Waals surface area contributed by atoms with Crippen molar-refractivity contribution in [2.75, 3.05) is 65.5 Å². The van der Waals surface area contributed by atoms with E-state index in [1.807, 2.05) is 0 Å². The van der Waals surface area contributed by atoms with Crippen molar-refractivity contribution in [1.82, 2.24) is 20.0 Å². The standard InChI is InChI=1S/C44H74N4O12/c1-5-8-29(2)33-12-13-34-32-11-10-30-23-31(14-16-43(30,3)35(32)15-17-44(33,34)4)60-28-37(49)45-18-7-6-9-36(42(58)59)48(21-19-46(24-38(50)51)25-39(52)53)22-20-47(26-40(54)55)27-41(56)57/h29-36H,5-28H2,1-4H3,(H,45,49)(H,50,51)(H,52,53)(H,54,55)(H,56,57)(H,58,59)/t29-,30-,31-,32+,33-,34+,35+,36?,43+,44-/m1/s1. The Labute approximate surface area is 355 Å². The van der Waals surface area contributed by atoms with Gasteiger partial charge in [0.25, 0.3) is 0 Å². The van der Waals surface area contributed by atoms with Gasteiger partial charge in [0, 0.05) is 32.7 Å². The van der Waals surface area contributed by atoms with Crippen LogP contribution in [0.3, 0.4) is 0 Å². The minimum Gasteiger partial charge on any atom is -0.480 e. The number of carboxylic acid groups (broad SMARTS) is 5. The average Bonchev–Trinajstić information content (AvgIpc) is 3.52. The van der Waals surface area contributed by atoms with Gasteiger partial charge in [-0.2, -0.15) is 0 Å². The highest BCUT2D eigenvalue weighted by Gasteiger charge is 2.60. The fraction of sp³-hybridized carbons (Fsp3) is 0.864. The average molecular weight is 851 g/mol. The quantitative estimate of drug-likeness (QED) is 0.0627. The predicted octanol–water partition coefficient (Wildman–Crippen LogP) is 4.45. The monoisotopic (exact) mass is 851 g/mol. The Kier molecular flexibility index (Phi) is 18.6. The Bertz CT molecular complexity index is 1410. The Balaban J connectivity index is 1.24. The van der Waals surface area contributed by atoms with Crippen molar-refractivity contribution in [3.63, 3.8) is 0 Å². The molecule has 1 unspecified atom stereocenters. The van der Waals surface area contributed by atoms with Crippen molar-refractivity contribution in [2.24, 2.45) is 46.3 Å². The van der Waals surface area contributed by atoms with Gasteiger partial charge in [0.05, 0.1) is 32.3 Å².